The highest BCUT2D eigenvalue weighted by Gasteiger charge is 2.45. The minimum atomic E-state index is -0.394. The third kappa shape index (κ3) is 3.91. The summed E-state index contributed by atoms with van der Waals surface area (Å²) in [7, 11) is 0. The molecule has 0 spiro atoms. The zero-order valence-electron chi connectivity index (χ0n) is 14.8. The van der Waals surface area contributed by atoms with E-state index in [1.54, 1.807) is 6.92 Å². The Hall–Kier alpha value is -2.43. The van der Waals surface area contributed by atoms with Crippen LogP contribution in [0.2, 0.25) is 0 Å². The normalized spacial score (nSPS) is 14.2. The predicted molar refractivity (Wildman–Crippen MR) is 95.1 cm³/mol. The molecule has 24 heavy (non-hydrogen) atoms. The average Bonchev–Trinajstić information content (AvgIpc) is 3.38. The Morgan fingerprint density at radius 3 is 2.38 bits per heavy atom. The van der Waals surface area contributed by atoms with Crippen molar-refractivity contribution in [2.24, 2.45) is 0 Å². The van der Waals surface area contributed by atoms with Crippen molar-refractivity contribution < 1.29 is 9.53 Å². The lowest BCUT2D eigenvalue weighted by atomic mass is 9.99. The maximum atomic E-state index is 11.6. The number of carbonyl (C=O) groups is 1. The van der Waals surface area contributed by atoms with Gasteiger partial charge in [-0.15, -0.1) is 0 Å². The molecule has 1 aliphatic carbocycles. The highest BCUT2D eigenvalue weighted by atomic mass is 16.5. The number of nitrogens with one attached hydrogen (secondary N) is 1. The predicted octanol–water partition coefficient (Wildman–Crippen LogP) is 4.09. The van der Waals surface area contributed by atoms with Crippen molar-refractivity contribution in [3.63, 3.8) is 0 Å². The Morgan fingerprint density at radius 2 is 1.83 bits per heavy atom. The zero-order valence-corrected chi connectivity index (χ0v) is 14.8. The largest absolute Gasteiger partial charge is 0.462 e. The number of hydrogen-bond acceptors (Lipinski definition) is 5. The van der Waals surface area contributed by atoms with Crippen molar-refractivity contribution in [2.75, 3.05) is 11.9 Å². The minimum Gasteiger partial charge on any atom is -0.462 e. The molecule has 1 aliphatic rings. The van der Waals surface area contributed by atoms with Gasteiger partial charge in [0.25, 0.3) is 0 Å². The van der Waals surface area contributed by atoms with E-state index in [-0.39, 0.29) is 5.54 Å². The molecule has 5 heteroatoms. The lowest BCUT2D eigenvalue weighted by Crippen LogP contribution is -2.21. The van der Waals surface area contributed by atoms with Gasteiger partial charge < -0.3 is 10.1 Å². The van der Waals surface area contributed by atoms with Crippen LogP contribution < -0.4 is 5.32 Å². The molecule has 0 unspecified atom stereocenters. The molecule has 0 aliphatic heterocycles. The third-order valence-corrected chi connectivity index (χ3v) is 3.92. The van der Waals surface area contributed by atoms with Crippen LogP contribution in [0.1, 0.15) is 55.1 Å². The van der Waals surface area contributed by atoms with Crippen molar-refractivity contribution in [3.05, 3.63) is 53.3 Å². The van der Waals surface area contributed by atoms with Gasteiger partial charge in [-0.25, -0.2) is 14.8 Å². The van der Waals surface area contributed by atoms with Crippen molar-refractivity contribution in [3.8, 4) is 0 Å². The quantitative estimate of drug-likeness (QED) is 0.838. The van der Waals surface area contributed by atoms with Gasteiger partial charge in [0, 0.05) is 12.4 Å². The van der Waals surface area contributed by atoms with E-state index in [0.29, 0.717) is 18.1 Å². The van der Waals surface area contributed by atoms with Crippen molar-refractivity contribution in [1.82, 2.24) is 9.97 Å². The van der Waals surface area contributed by atoms with E-state index in [0.717, 1.165) is 12.8 Å². The van der Waals surface area contributed by atoms with E-state index >= 15 is 0 Å². The molecule has 1 N–H and O–H groups in total. The Bertz CT molecular complexity index is 679. The summed E-state index contributed by atoms with van der Waals surface area (Å²) in [5.74, 6) is 0.142. The summed E-state index contributed by atoms with van der Waals surface area (Å²) in [4.78, 5) is 20.1. The topological polar surface area (TPSA) is 64.1 Å². The van der Waals surface area contributed by atoms with Gasteiger partial charge in [-0.2, -0.15) is 0 Å². The second-order valence-corrected chi connectivity index (χ2v) is 5.54. The molecule has 0 atom stereocenters. The smallest absolute Gasteiger partial charge is 0.341 e. The number of carbonyl (C=O) groups excluding carboxylic acids is 1. The van der Waals surface area contributed by atoms with Crippen LogP contribution >= 0.6 is 0 Å². The maximum absolute atomic E-state index is 11.6. The summed E-state index contributed by atoms with van der Waals surface area (Å²) in [5, 5.41) is 3.41. The van der Waals surface area contributed by atoms with Gasteiger partial charge in [0.2, 0.25) is 5.95 Å². The molecule has 1 fully saturated rings. The lowest BCUT2D eigenvalue weighted by Gasteiger charge is -2.20. The first-order valence-corrected chi connectivity index (χ1v) is 8.48. The summed E-state index contributed by atoms with van der Waals surface area (Å²) < 4.78 is 4.93. The number of anilines is 1. The fraction of sp³-hybridized carbons (Fsp3) is 0.421. The van der Waals surface area contributed by atoms with Gasteiger partial charge >= 0.3 is 5.97 Å². The molecule has 0 bridgehead atoms. The van der Waals surface area contributed by atoms with Crippen LogP contribution in [0, 0.1) is 6.92 Å². The Balaban J connectivity index is 0.00000100. The van der Waals surface area contributed by atoms with Crippen LogP contribution in [0.15, 0.2) is 36.7 Å². The molecule has 1 heterocycles. The number of hydrogen-bond donors (Lipinski definition) is 1. The standard InChI is InChI=1S/C17H19N3O2.C2H6/c1-3-22-15(21)13-10-18-16(19-11-13)20-17(8-9-17)14-7-5-4-6-12(14)2;1-2/h4-7,10-11H,3,8-9H2,1-2H3,(H,18,19,20);1-2H3. The first-order chi connectivity index (χ1) is 11.6. The van der Waals surface area contributed by atoms with Crippen LogP contribution in [0.5, 0.6) is 0 Å². The number of esters is 1. The van der Waals surface area contributed by atoms with E-state index in [4.69, 9.17) is 4.74 Å². The van der Waals surface area contributed by atoms with Crippen LogP contribution in [0.25, 0.3) is 0 Å². The van der Waals surface area contributed by atoms with Gasteiger partial charge in [-0.1, -0.05) is 38.1 Å². The summed E-state index contributed by atoms with van der Waals surface area (Å²) >= 11 is 0. The summed E-state index contributed by atoms with van der Waals surface area (Å²) in [6.45, 7) is 8.23. The second kappa shape index (κ2) is 7.90. The van der Waals surface area contributed by atoms with Crippen LogP contribution in [-0.4, -0.2) is 22.5 Å². The second-order valence-electron chi connectivity index (χ2n) is 5.54. The number of benzene rings is 1. The SMILES string of the molecule is CC.CCOC(=O)c1cnc(NC2(c3ccccc3C)CC2)nc1. The van der Waals surface area contributed by atoms with E-state index in [2.05, 4.69) is 40.4 Å². The lowest BCUT2D eigenvalue weighted by molar-refractivity contribution is 0.0525. The Labute approximate surface area is 143 Å². The van der Waals surface area contributed by atoms with Gasteiger partial charge in [0.05, 0.1) is 17.7 Å². The van der Waals surface area contributed by atoms with Crippen molar-refractivity contribution in [2.45, 2.75) is 46.1 Å². The molecule has 1 saturated carbocycles. The van der Waals surface area contributed by atoms with Gasteiger partial charge in [0.15, 0.2) is 0 Å². The highest BCUT2D eigenvalue weighted by Crippen LogP contribution is 2.48. The number of aryl methyl sites for hydroxylation is 1. The molecule has 3 rings (SSSR count). The van der Waals surface area contributed by atoms with Gasteiger partial charge in [-0.05, 0) is 37.8 Å². The maximum Gasteiger partial charge on any atom is 0.341 e. The first-order valence-electron chi connectivity index (χ1n) is 8.48. The van der Waals surface area contributed by atoms with Crippen LogP contribution in [0.4, 0.5) is 5.95 Å². The first kappa shape index (κ1) is 17.9. The zero-order chi connectivity index (χ0) is 17.6. The minimum absolute atomic E-state index is 0.0726. The van der Waals surface area contributed by atoms with Crippen molar-refractivity contribution in [1.29, 1.82) is 0 Å². The molecule has 1 aromatic carbocycles. The van der Waals surface area contributed by atoms with E-state index in [1.807, 2.05) is 19.9 Å². The van der Waals surface area contributed by atoms with Crippen molar-refractivity contribution >= 4 is 11.9 Å². The molecular formula is C19H25N3O2. The molecule has 0 radical (unpaired) electrons. The summed E-state index contributed by atoms with van der Waals surface area (Å²) in [5.41, 5.74) is 2.84. The number of nitrogens with zero attached hydrogens (tertiary/aromatic N) is 2. The van der Waals surface area contributed by atoms with Crippen LogP contribution in [0.3, 0.4) is 0 Å². The molecule has 0 saturated heterocycles. The molecule has 0 amide bonds. The Morgan fingerprint density at radius 1 is 1.21 bits per heavy atom. The average molecular weight is 327 g/mol. The van der Waals surface area contributed by atoms with E-state index in [1.165, 1.54) is 23.5 Å². The third-order valence-electron chi connectivity index (χ3n) is 3.92. The van der Waals surface area contributed by atoms with Gasteiger partial charge in [-0.3, -0.25) is 0 Å². The number of aromatic nitrogens is 2. The Kier molecular flexibility index (Phi) is 5.90. The van der Waals surface area contributed by atoms with E-state index in [9.17, 15) is 4.79 Å². The summed E-state index contributed by atoms with van der Waals surface area (Å²) in [6.07, 6.45) is 5.12. The number of ether oxygens (including phenoxy) is 1. The summed E-state index contributed by atoms with van der Waals surface area (Å²) in [6, 6.07) is 8.35. The molecule has 2 aromatic rings. The molecular weight excluding hydrogens is 302 g/mol. The fourth-order valence-electron chi connectivity index (χ4n) is 2.62. The fourth-order valence-corrected chi connectivity index (χ4v) is 2.62. The van der Waals surface area contributed by atoms with Gasteiger partial charge in [0.1, 0.15) is 0 Å². The number of rotatable bonds is 5. The monoisotopic (exact) mass is 327 g/mol. The van der Waals surface area contributed by atoms with E-state index < -0.39 is 5.97 Å². The highest BCUT2D eigenvalue weighted by molar-refractivity contribution is 5.88. The van der Waals surface area contributed by atoms with Crippen LogP contribution in [-0.2, 0) is 10.3 Å². The molecule has 5 nitrogen and oxygen atoms in total. The molecule has 128 valence electrons. The molecule has 1 aromatic heterocycles.